The van der Waals surface area contributed by atoms with Crippen LogP contribution in [0.2, 0.25) is 0 Å². The maximum atomic E-state index is 5.67. The van der Waals surface area contributed by atoms with Gasteiger partial charge in [0, 0.05) is 23.9 Å². The highest BCUT2D eigenvalue weighted by molar-refractivity contribution is 5.77. The first-order chi connectivity index (χ1) is 14.6. The first-order valence-electron chi connectivity index (χ1n) is 10.5. The number of hydrogen-bond acceptors (Lipinski definition) is 2. The van der Waals surface area contributed by atoms with Crippen LogP contribution in [0.5, 0.6) is 5.75 Å². The molecule has 3 nitrogen and oxygen atoms in total. The average Bonchev–Trinajstić information content (AvgIpc) is 3.26. The Morgan fingerprint density at radius 3 is 2.50 bits per heavy atom. The number of para-hydroxylation sites is 1. The fraction of sp³-hybridized carbons (Fsp3) is 0.222. The zero-order valence-electron chi connectivity index (χ0n) is 17.9. The number of rotatable bonds is 2. The van der Waals surface area contributed by atoms with Crippen LogP contribution in [0.1, 0.15) is 49.3 Å². The van der Waals surface area contributed by atoms with Crippen molar-refractivity contribution in [2.75, 3.05) is 7.11 Å². The van der Waals surface area contributed by atoms with Crippen LogP contribution in [0, 0.1) is 0 Å². The van der Waals surface area contributed by atoms with Crippen molar-refractivity contribution in [2.45, 2.75) is 32.6 Å². The van der Waals surface area contributed by atoms with E-state index in [0.29, 0.717) is 5.92 Å². The third kappa shape index (κ3) is 2.85. The number of hydrogen-bond donors (Lipinski definition) is 0. The fourth-order valence-corrected chi connectivity index (χ4v) is 4.68. The summed E-state index contributed by atoms with van der Waals surface area (Å²) >= 11 is 0. The molecule has 0 spiro atoms. The monoisotopic (exact) mass is 394 g/mol. The Morgan fingerprint density at radius 2 is 1.70 bits per heavy atom. The molecule has 3 aromatic carbocycles. The van der Waals surface area contributed by atoms with Crippen LogP contribution in [0.3, 0.4) is 0 Å². The number of benzene rings is 3. The van der Waals surface area contributed by atoms with Gasteiger partial charge in [0.25, 0.3) is 0 Å². The van der Waals surface area contributed by atoms with E-state index >= 15 is 0 Å². The Morgan fingerprint density at radius 1 is 0.933 bits per heavy atom. The lowest BCUT2D eigenvalue weighted by atomic mass is 9.83. The molecule has 2 heterocycles. The zero-order valence-corrected chi connectivity index (χ0v) is 17.9. The minimum Gasteiger partial charge on any atom is -0.497 e. The topological polar surface area (TPSA) is 27.1 Å². The van der Waals surface area contributed by atoms with Crippen molar-refractivity contribution in [1.29, 1.82) is 0 Å². The molecule has 30 heavy (non-hydrogen) atoms. The molecule has 0 N–H and O–H groups in total. The van der Waals surface area contributed by atoms with Crippen molar-refractivity contribution in [1.82, 2.24) is 9.55 Å². The Bertz CT molecular complexity index is 1240. The Balaban J connectivity index is 1.95. The standard InChI is InChI=1S/C27H26N2O/c1-17(2)22-10-7-11-24-18(3)23-8-5-6-9-25(23)19-14-20(16-21(15-19)30-4)27-28-12-13-29(27)26(22)24/h5-18H,1-4H3. The van der Waals surface area contributed by atoms with Crippen molar-refractivity contribution in [3.05, 3.63) is 89.7 Å². The molecule has 5 rings (SSSR count). The molecule has 0 amide bonds. The minimum atomic E-state index is 0.234. The van der Waals surface area contributed by atoms with Crippen molar-refractivity contribution in [3.63, 3.8) is 0 Å². The summed E-state index contributed by atoms with van der Waals surface area (Å²) in [7, 11) is 1.72. The zero-order chi connectivity index (χ0) is 20.8. The molecular formula is C27H26N2O. The van der Waals surface area contributed by atoms with Gasteiger partial charge in [-0.2, -0.15) is 0 Å². The van der Waals surface area contributed by atoms with Gasteiger partial charge in [-0.1, -0.05) is 63.2 Å². The predicted octanol–water partition coefficient (Wildman–Crippen LogP) is 6.80. The molecule has 1 aliphatic rings. The molecule has 4 aromatic rings. The van der Waals surface area contributed by atoms with Crippen molar-refractivity contribution in [2.24, 2.45) is 0 Å². The van der Waals surface area contributed by atoms with Gasteiger partial charge in [0.05, 0.1) is 12.8 Å². The lowest BCUT2D eigenvalue weighted by Crippen LogP contribution is -2.11. The van der Waals surface area contributed by atoms with Gasteiger partial charge in [0.2, 0.25) is 0 Å². The molecule has 2 bridgehead atoms. The highest BCUT2D eigenvalue weighted by atomic mass is 16.5. The quantitative estimate of drug-likeness (QED) is 0.374. The minimum absolute atomic E-state index is 0.234. The molecule has 1 unspecified atom stereocenters. The third-order valence-corrected chi connectivity index (χ3v) is 6.21. The average molecular weight is 395 g/mol. The van der Waals surface area contributed by atoms with E-state index in [0.717, 1.165) is 22.7 Å². The molecule has 150 valence electrons. The van der Waals surface area contributed by atoms with Gasteiger partial charge in [0.1, 0.15) is 11.6 Å². The largest absolute Gasteiger partial charge is 0.497 e. The molecule has 0 fully saturated rings. The summed E-state index contributed by atoms with van der Waals surface area (Å²) in [4.78, 5) is 4.77. The second-order valence-electron chi connectivity index (χ2n) is 8.32. The van der Waals surface area contributed by atoms with Crippen LogP contribution in [0.25, 0.3) is 28.2 Å². The molecule has 3 heteroatoms. The van der Waals surface area contributed by atoms with Crippen molar-refractivity contribution >= 4 is 0 Å². The number of methoxy groups -OCH3 is 1. The molecule has 1 aromatic heterocycles. The number of imidazole rings is 1. The van der Waals surface area contributed by atoms with E-state index in [-0.39, 0.29) is 5.92 Å². The Kier molecular flexibility index (Phi) is 4.47. The highest BCUT2D eigenvalue weighted by Gasteiger charge is 2.24. The van der Waals surface area contributed by atoms with Gasteiger partial charge < -0.3 is 4.74 Å². The molecule has 0 saturated heterocycles. The summed E-state index contributed by atoms with van der Waals surface area (Å²) in [5, 5.41) is 0. The van der Waals surface area contributed by atoms with Crippen molar-refractivity contribution < 1.29 is 4.74 Å². The maximum Gasteiger partial charge on any atom is 0.144 e. The van der Waals surface area contributed by atoms with Crippen LogP contribution in [-0.2, 0) is 0 Å². The molecule has 1 aliphatic heterocycles. The van der Waals surface area contributed by atoms with E-state index in [9.17, 15) is 0 Å². The number of fused-ring (bicyclic) bond motifs is 8. The second-order valence-corrected chi connectivity index (χ2v) is 8.32. The summed E-state index contributed by atoms with van der Waals surface area (Å²) in [6, 6.07) is 21.8. The third-order valence-electron chi connectivity index (χ3n) is 6.21. The highest BCUT2D eigenvalue weighted by Crippen LogP contribution is 2.42. The van der Waals surface area contributed by atoms with E-state index < -0.39 is 0 Å². The Labute approximate surface area is 178 Å². The first-order valence-corrected chi connectivity index (χ1v) is 10.5. The SMILES string of the molecule is COc1cc2cc(c1)-c1nccn1-c1c(C(C)C)cccc1C(C)c1ccccc1-2. The lowest BCUT2D eigenvalue weighted by molar-refractivity contribution is 0.415. The van der Waals surface area contributed by atoms with Gasteiger partial charge in [-0.15, -0.1) is 0 Å². The number of ether oxygens (including phenoxy) is 1. The molecule has 0 saturated carbocycles. The number of nitrogens with zero attached hydrogens (tertiary/aromatic N) is 2. The van der Waals surface area contributed by atoms with Crippen LogP contribution in [-0.4, -0.2) is 16.7 Å². The number of aromatic nitrogens is 2. The van der Waals surface area contributed by atoms with Gasteiger partial charge in [0.15, 0.2) is 0 Å². The normalized spacial score (nSPS) is 14.6. The van der Waals surface area contributed by atoms with E-state index in [1.807, 2.05) is 6.20 Å². The summed E-state index contributed by atoms with van der Waals surface area (Å²) < 4.78 is 7.93. The van der Waals surface area contributed by atoms with Crippen LogP contribution >= 0.6 is 0 Å². The maximum absolute atomic E-state index is 5.67. The molecule has 0 radical (unpaired) electrons. The van der Waals surface area contributed by atoms with Gasteiger partial charge >= 0.3 is 0 Å². The summed E-state index contributed by atoms with van der Waals surface area (Å²) in [6.45, 7) is 6.82. The van der Waals surface area contributed by atoms with E-state index in [2.05, 4.69) is 92.2 Å². The van der Waals surface area contributed by atoms with Gasteiger partial charge in [-0.3, -0.25) is 4.57 Å². The molecular weight excluding hydrogens is 368 g/mol. The van der Waals surface area contributed by atoms with Crippen LogP contribution < -0.4 is 4.74 Å². The smallest absolute Gasteiger partial charge is 0.144 e. The van der Waals surface area contributed by atoms with Crippen molar-refractivity contribution in [3.8, 4) is 34.0 Å². The summed E-state index contributed by atoms with van der Waals surface area (Å²) in [6.07, 6.45) is 3.98. The molecule has 1 atom stereocenters. The predicted molar refractivity (Wildman–Crippen MR) is 123 cm³/mol. The van der Waals surface area contributed by atoms with E-state index in [1.165, 1.54) is 27.9 Å². The second kappa shape index (κ2) is 7.17. The van der Waals surface area contributed by atoms with Crippen LogP contribution in [0.4, 0.5) is 0 Å². The fourth-order valence-electron chi connectivity index (χ4n) is 4.68. The summed E-state index contributed by atoms with van der Waals surface area (Å²) in [5.41, 5.74) is 8.68. The summed E-state index contributed by atoms with van der Waals surface area (Å²) in [5.74, 6) is 2.42. The molecule has 0 aliphatic carbocycles. The first kappa shape index (κ1) is 18.7. The van der Waals surface area contributed by atoms with Gasteiger partial charge in [-0.25, -0.2) is 4.98 Å². The van der Waals surface area contributed by atoms with Gasteiger partial charge in [-0.05, 0) is 51.9 Å². The van der Waals surface area contributed by atoms with Crippen LogP contribution in [0.15, 0.2) is 73.1 Å². The Hall–Kier alpha value is -3.33. The lowest BCUT2D eigenvalue weighted by Gasteiger charge is -2.26. The van der Waals surface area contributed by atoms with E-state index in [4.69, 9.17) is 9.72 Å². The van der Waals surface area contributed by atoms with E-state index in [1.54, 1.807) is 7.11 Å².